The van der Waals surface area contributed by atoms with Gasteiger partial charge in [-0.15, -0.1) is 0 Å². The molecule has 1 saturated heterocycles. The predicted molar refractivity (Wildman–Crippen MR) is 97.4 cm³/mol. The number of amides is 1. The van der Waals surface area contributed by atoms with Gasteiger partial charge in [0.25, 0.3) is 5.91 Å². The van der Waals surface area contributed by atoms with Crippen LogP contribution in [0.3, 0.4) is 0 Å². The van der Waals surface area contributed by atoms with Gasteiger partial charge in [0.15, 0.2) is 0 Å². The van der Waals surface area contributed by atoms with Crippen molar-refractivity contribution < 1.29 is 18.0 Å². The molecule has 0 bridgehead atoms. The van der Waals surface area contributed by atoms with Crippen LogP contribution in [0.25, 0.3) is 11.3 Å². The topological polar surface area (TPSA) is 36.4 Å². The van der Waals surface area contributed by atoms with Gasteiger partial charge in [0.05, 0.1) is 23.5 Å². The van der Waals surface area contributed by atoms with Gasteiger partial charge in [-0.25, -0.2) is 0 Å². The van der Waals surface area contributed by atoms with Gasteiger partial charge >= 0.3 is 6.18 Å². The molecule has 0 saturated carbocycles. The molecule has 2 heterocycles. The molecule has 0 atom stereocenters. The van der Waals surface area contributed by atoms with E-state index in [0.717, 1.165) is 11.3 Å². The first kappa shape index (κ1) is 19.4. The minimum atomic E-state index is -4.22. The number of nitrogens with zero attached hydrogens (tertiary/aromatic N) is 3. The van der Waals surface area contributed by atoms with Crippen molar-refractivity contribution >= 4 is 5.91 Å². The summed E-state index contributed by atoms with van der Waals surface area (Å²) >= 11 is 0. The van der Waals surface area contributed by atoms with E-state index in [9.17, 15) is 18.0 Å². The Morgan fingerprint density at radius 1 is 1.04 bits per heavy atom. The molecule has 1 aliphatic heterocycles. The average molecular weight is 377 g/mol. The van der Waals surface area contributed by atoms with Crippen LogP contribution in [-0.4, -0.2) is 59.6 Å². The molecule has 144 valence electrons. The van der Waals surface area contributed by atoms with Crippen LogP contribution in [0.4, 0.5) is 13.2 Å². The number of carbonyl (C=O) groups is 1. The van der Waals surface area contributed by atoms with Crippen LogP contribution in [0.15, 0.2) is 42.5 Å². The summed E-state index contributed by atoms with van der Waals surface area (Å²) in [6, 6.07) is 13.2. The zero-order valence-corrected chi connectivity index (χ0v) is 15.2. The third-order valence-corrected chi connectivity index (χ3v) is 4.66. The number of benzene rings is 1. The molecule has 0 spiro atoms. The van der Waals surface area contributed by atoms with Crippen molar-refractivity contribution in [3.05, 3.63) is 53.7 Å². The summed E-state index contributed by atoms with van der Waals surface area (Å²) in [5.41, 5.74) is 2.88. The molecule has 1 aliphatic rings. The number of pyridine rings is 1. The number of hydrogen-bond acceptors (Lipinski definition) is 3. The van der Waals surface area contributed by atoms with Crippen LogP contribution < -0.4 is 0 Å². The predicted octanol–water partition coefficient (Wildman–Crippen LogP) is 3.77. The molecule has 27 heavy (non-hydrogen) atoms. The number of aromatic nitrogens is 1. The highest BCUT2D eigenvalue weighted by atomic mass is 19.4. The molecular weight excluding hydrogens is 355 g/mol. The smallest absolute Gasteiger partial charge is 0.337 e. The SMILES string of the molecule is Cc1nc(-c2ccccc2)ccc1C(=O)N1CCCN(CC(F)(F)F)CC1. The molecule has 2 aromatic rings. The zero-order valence-electron chi connectivity index (χ0n) is 15.2. The lowest BCUT2D eigenvalue weighted by atomic mass is 10.1. The van der Waals surface area contributed by atoms with E-state index in [4.69, 9.17) is 0 Å². The van der Waals surface area contributed by atoms with Gasteiger partial charge in [-0.2, -0.15) is 13.2 Å². The Morgan fingerprint density at radius 2 is 1.78 bits per heavy atom. The second-order valence-corrected chi connectivity index (χ2v) is 6.73. The number of aryl methyl sites for hydroxylation is 1. The van der Waals surface area contributed by atoms with Gasteiger partial charge in [0.2, 0.25) is 0 Å². The van der Waals surface area contributed by atoms with E-state index >= 15 is 0 Å². The monoisotopic (exact) mass is 377 g/mol. The number of halogens is 3. The van der Waals surface area contributed by atoms with E-state index in [2.05, 4.69) is 4.98 Å². The average Bonchev–Trinajstić information content (AvgIpc) is 2.86. The van der Waals surface area contributed by atoms with Crippen molar-refractivity contribution in [1.29, 1.82) is 0 Å². The van der Waals surface area contributed by atoms with Crippen LogP contribution >= 0.6 is 0 Å². The van der Waals surface area contributed by atoms with Crippen molar-refractivity contribution in [2.75, 3.05) is 32.7 Å². The highest BCUT2D eigenvalue weighted by Gasteiger charge is 2.32. The number of carbonyl (C=O) groups excluding carboxylic acids is 1. The van der Waals surface area contributed by atoms with Crippen LogP contribution in [0.5, 0.6) is 0 Å². The van der Waals surface area contributed by atoms with Gasteiger partial charge in [0, 0.05) is 31.7 Å². The summed E-state index contributed by atoms with van der Waals surface area (Å²) in [5.74, 6) is -0.173. The lowest BCUT2D eigenvalue weighted by molar-refractivity contribution is -0.145. The fourth-order valence-electron chi connectivity index (χ4n) is 3.31. The van der Waals surface area contributed by atoms with E-state index in [1.165, 1.54) is 4.90 Å². The van der Waals surface area contributed by atoms with Crippen molar-refractivity contribution in [1.82, 2.24) is 14.8 Å². The van der Waals surface area contributed by atoms with Crippen LogP contribution in [0, 0.1) is 6.92 Å². The highest BCUT2D eigenvalue weighted by Crippen LogP contribution is 2.21. The van der Waals surface area contributed by atoms with Gasteiger partial charge in [-0.3, -0.25) is 14.7 Å². The Morgan fingerprint density at radius 3 is 2.44 bits per heavy atom. The normalized spacial score (nSPS) is 16.2. The third kappa shape index (κ3) is 5.07. The first-order valence-electron chi connectivity index (χ1n) is 8.95. The summed E-state index contributed by atoms with van der Waals surface area (Å²) in [6.45, 7) is 2.16. The lowest BCUT2D eigenvalue weighted by Crippen LogP contribution is -2.38. The van der Waals surface area contributed by atoms with E-state index in [0.29, 0.717) is 30.8 Å². The van der Waals surface area contributed by atoms with E-state index in [1.807, 2.05) is 36.4 Å². The van der Waals surface area contributed by atoms with Crippen molar-refractivity contribution in [3.63, 3.8) is 0 Å². The second kappa shape index (κ2) is 8.08. The lowest BCUT2D eigenvalue weighted by Gasteiger charge is -2.23. The molecule has 1 aromatic heterocycles. The molecule has 3 rings (SSSR count). The molecule has 1 aromatic carbocycles. The summed E-state index contributed by atoms with van der Waals surface area (Å²) in [6.07, 6.45) is -3.69. The first-order valence-corrected chi connectivity index (χ1v) is 8.95. The minimum absolute atomic E-state index is 0.173. The Kier molecular flexibility index (Phi) is 5.79. The minimum Gasteiger partial charge on any atom is -0.337 e. The fraction of sp³-hybridized carbons (Fsp3) is 0.400. The Hall–Kier alpha value is -2.41. The van der Waals surface area contributed by atoms with Gasteiger partial charge in [0.1, 0.15) is 0 Å². The number of rotatable bonds is 3. The second-order valence-electron chi connectivity index (χ2n) is 6.73. The molecule has 7 heteroatoms. The third-order valence-electron chi connectivity index (χ3n) is 4.66. The molecule has 1 amide bonds. The summed E-state index contributed by atoms with van der Waals surface area (Å²) in [7, 11) is 0. The summed E-state index contributed by atoms with van der Waals surface area (Å²) in [5, 5.41) is 0. The maximum atomic E-state index is 12.9. The Labute approximate surface area is 156 Å². The number of hydrogen-bond donors (Lipinski definition) is 0. The number of alkyl halides is 3. The molecule has 4 nitrogen and oxygen atoms in total. The summed E-state index contributed by atoms with van der Waals surface area (Å²) in [4.78, 5) is 20.4. The van der Waals surface area contributed by atoms with E-state index in [1.54, 1.807) is 17.9 Å². The van der Waals surface area contributed by atoms with Gasteiger partial charge in [-0.05, 0) is 25.5 Å². The maximum absolute atomic E-state index is 12.9. The van der Waals surface area contributed by atoms with E-state index in [-0.39, 0.29) is 19.0 Å². The Bertz CT molecular complexity index is 793. The fourth-order valence-corrected chi connectivity index (χ4v) is 3.31. The van der Waals surface area contributed by atoms with Crippen LogP contribution in [-0.2, 0) is 0 Å². The van der Waals surface area contributed by atoms with Crippen LogP contribution in [0.1, 0.15) is 22.5 Å². The van der Waals surface area contributed by atoms with Gasteiger partial charge < -0.3 is 4.90 Å². The molecular formula is C20H22F3N3O. The van der Waals surface area contributed by atoms with Crippen LogP contribution in [0.2, 0.25) is 0 Å². The quantitative estimate of drug-likeness (QED) is 0.817. The van der Waals surface area contributed by atoms with E-state index < -0.39 is 12.7 Å². The largest absolute Gasteiger partial charge is 0.401 e. The molecule has 0 aliphatic carbocycles. The molecule has 0 N–H and O–H groups in total. The first-order chi connectivity index (χ1) is 12.8. The Balaban J connectivity index is 1.70. The highest BCUT2D eigenvalue weighted by molar-refractivity contribution is 5.95. The van der Waals surface area contributed by atoms with Crippen molar-refractivity contribution in [2.45, 2.75) is 19.5 Å². The maximum Gasteiger partial charge on any atom is 0.401 e. The van der Waals surface area contributed by atoms with Crippen molar-refractivity contribution in [3.8, 4) is 11.3 Å². The van der Waals surface area contributed by atoms with Crippen molar-refractivity contribution in [2.24, 2.45) is 0 Å². The standard InChI is InChI=1S/C20H22F3N3O/c1-15-17(8-9-18(24-15)16-6-3-2-4-7-16)19(27)26-11-5-10-25(12-13-26)14-20(21,22)23/h2-4,6-9H,5,10-14H2,1H3. The zero-order chi connectivity index (χ0) is 19.4. The summed E-state index contributed by atoms with van der Waals surface area (Å²) < 4.78 is 37.8. The molecule has 0 radical (unpaired) electrons. The molecule has 0 unspecified atom stereocenters. The molecule has 1 fully saturated rings. The van der Waals surface area contributed by atoms with Gasteiger partial charge in [-0.1, -0.05) is 30.3 Å².